The third kappa shape index (κ3) is 5.52. The summed E-state index contributed by atoms with van der Waals surface area (Å²) in [7, 11) is 0. The molecule has 8 heteroatoms. The van der Waals surface area contributed by atoms with Crippen molar-refractivity contribution in [2.45, 2.75) is 30.4 Å². The van der Waals surface area contributed by atoms with Gasteiger partial charge in [-0.1, -0.05) is 42.5 Å². The topological polar surface area (TPSA) is 90.9 Å². The first-order chi connectivity index (χ1) is 16.4. The Hall–Kier alpha value is -3.91. The lowest BCUT2D eigenvalue weighted by atomic mass is 10.1. The summed E-state index contributed by atoms with van der Waals surface area (Å²) in [5.74, 6) is -0.303. The summed E-state index contributed by atoms with van der Waals surface area (Å²) in [6, 6.07) is 23.8. The molecule has 0 spiro atoms. The van der Waals surface area contributed by atoms with Crippen LogP contribution in [0.4, 0.5) is 11.4 Å². The van der Waals surface area contributed by atoms with Gasteiger partial charge in [-0.05, 0) is 55.8 Å². The molecule has 34 heavy (non-hydrogen) atoms. The fourth-order valence-corrected chi connectivity index (χ4v) is 4.37. The highest BCUT2D eigenvalue weighted by atomic mass is 32.2. The highest BCUT2D eigenvalue weighted by Crippen LogP contribution is 2.27. The number of anilines is 2. The number of amidine groups is 1. The van der Waals surface area contributed by atoms with Gasteiger partial charge in [0.2, 0.25) is 5.91 Å². The van der Waals surface area contributed by atoms with Crippen molar-refractivity contribution < 1.29 is 14.4 Å². The first-order valence-corrected chi connectivity index (χ1v) is 11.7. The van der Waals surface area contributed by atoms with Crippen molar-refractivity contribution in [1.82, 2.24) is 5.32 Å². The number of rotatable bonds is 6. The number of hydrogen-bond acceptors (Lipinski definition) is 5. The second-order valence-electron chi connectivity index (χ2n) is 7.81. The van der Waals surface area contributed by atoms with Crippen LogP contribution in [0.1, 0.15) is 29.3 Å². The summed E-state index contributed by atoms with van der Waals surface area (Å²) in [5.41, 5.74) is 2.82. The average molecular weight is 473 g/mol. The van der Waals surface area contributed by atoms with Gasteiger partial charge in [0.15, 0.2) is 0 Å². The van der Waals surface area contributed by atoms with Crippen LogP contribution in [0.15, 0.2) is 88.9 Å². The number of hydrogen-bond donors (Lipinski definition) is 2. The molecular weight excluding hydrogens is 448 g/mol. The Kier molecular flexibility index (Phi) is 7.08. The van der Waals surface area contributed by atoms with E-state index in [4.69, 9.17) is 0 Å². The van der Waals surface area contributed by atoms with Crippen LogP contribution < -0.4 is 15.6 Å². The molecule has 172 valence electrons. The smallest absolute Gasteiger partial charge is 0.255 e. The molecule has 0 saturated heterocycles. The number of amides is 3. The normalized spacial score (nSPS) is 13.9. The molecule has 0 aromatic heterocycles. The minimum Gasteiger partial charge on any atom is -0.322 e. The second kappa shape index (κ2) is 10.4. The largest absolute Gasteiger partial charge is 0.322 e. The quantitative estimate of drug-likeness (QED) is 0.513. The summed E-state index contributed by atoms with van der Waals surface area (Å²) in [6.45, 7) is 3.67. The van der Waals surface area contributed by atoms with E-state index in [0.29, 0.717) is 22.8 Å². The van der Waals surface area contributed by atoms with Crippen molar-refractivity contribution in [3.05, 3.63) is 90.0 Å². The van der Waals surface area contributed by atoms with Gasteiger partial charge >= 0.3 is 0 Å². The fourth-order valence-electron chi connectivity index (χ4n) is 3.44. The molecule has 0 saturated carbocycles. The zero-order valence-electron chi connectivity index (χ0n) is 18.8. The molecule has 1 unspecified atom stereocenters. The number of carbonyl (C=O) groups is 3. The molecular formula is C26H24N4O3S. The molecule has 3 aromatic carbocycles. The van der Waals surface area contributed by atoms with Crippen molar-refractivity contribution in [3.8, 4) is 0 Å². The Morgan fingerprint density at radius 2 is 1.71 bits per heavy atom. The SMILES string of the molecule is Cc1ccccc1C(=O)Nc1cccc(SC(C)C(=O)NC2=NN(c3ccccc3)C(=O)C2)c1. The number of para-hydroxylation sites is 1. The minimum atomic E-state index is -0.439. The maximum Gasteiger partial charge on any atom is 0.255 e. The Morgan fingerprint density at radius 3 is 2.47 bits per heavy atom. The van der Waals surface area contributed by atoms with Crippen LogP contribution in [0.25, 0.3) is 0 Å². The van der Waals surface area contributed by atoms with E-state index in [1.807, 2.05) is 67.6 Å². The number of carbonyl (C=O) groups excluding carboxylic acids is 3. The summed E-state index contributed by atoms with van der Waals surface area (Å²) >= 11 is 1.36. The van der Waals surface area contributed by atoms with Crippen LogP contribution in [-0.2, 0) is 9.59 Å². The van der Waals surface area contributed by atoms with Gasteiger partial charge in [0, 0.05) is 16.1 Å². The summed E-state index contributed by atoms with van der Waals surface area (Å²) < 4.78 is 0. The standard InChI is InChI=1S/C26H24N4O3S/c1-17-9-6-7-14-22(17)26(33)27-19-10-8-13-21(15-19)34-18(2)25(32)28-23-16-24(31)30(29-23)20-11-4-3-5-12-20/h3-15,18H,16H2,1-2H3,(H,27,33)(H,28,29,32). The summed E-state index contributed by atoms with van der Waals surface area (Å²) in [5, 5.41) is 10.8. The number of aryl methyl sites for hydroxylation is 1. The Balaban J connectivity index is 1.37. The van der Waals surface area contributed by atoms with E-state index in [1.165, 1.54) is 16.8 Å². The van der Waals surface area contributed by atoms with Gasteiger partial charge in [-0.25, -0.2) is 0 Å². The number of nitrogens with zero attached hydrogens (tertiary/aromatic N) is 2. The number of thioether (sulfide) groups is 1. The van der Waals surface area contributed by atoms with Gasteiger partial charge in [0.1, 0.15) is 5.84 Å². The van der Waals surface area contributed by atoms with Gasteiger partial charge in [-0.2, -0.15) is 10.1 Å². The third-order valence-electron chi connectivity index (χ3n) is 5.21. The van der Waals surface area contributed by atoms with Crippen LogP contribution in [-0.4, -0.2) is 28.8 Å². The van der Waals surface area contributed by atoms with Crippen molar-refractivity contribution in [2.24, 2.45) is 5.10 Å². The molecule has 1 aliphatic heterocycles. The van der Waals surface area contributed by atoms with Gasteiger partial charge in [0.25, 0.3) is 11.8 Å². The molecule has 3 aromatic rings. The van der Waals surface area contributed by atoms with Crippen molar-refractivity contribution in [3.63, 3.8) is 0 Å². The van der Waals surface area contributed by atoms with Crippen molar-refractivity contribution >= 4 is 46.7 Å². The van der Waals surface area contributed by atoms with E-state index in [9.17, 15) is 14.4 Å². The highest BCUT2D eigenvalue weighted by molar-refractivity contribution is 8.00. The van der Waals surface area contributed by atoms with Crippen LogP contribution >= 0.6 is 11.8 Å². The lowest BCUT2D eigenvalue weighted by Gasteiger charge is -2.13. The maximum absolute atomic E-state index is 12.7. The lowest BCUT2D eigenvalue weighted by Crippen LogP contribution is -2.35. The number of hydrazone groups is 1. The third-order valence-corrected chi connectivity index (χ3v) is 6.30. The minimum absolute atomic E-state index is 0.0401. The van der Waals surface area contributed by atoms with Crippen LogP contribution in [0.2, 0.25) is 0 Å². The molecule has 1 atom stereocenters. The summed E-state index contributed by atoms with van der Waals surface area (Å²) in [4.78, 5) is 38.5. The Morgan fingerprint density at radius 1 is 0.971 bits per heavy atom. The Labute approximate surface area is 202 Å². The zero-order valence-corrected chi connectivity index (χ0v) is 19.6. The molecule has 4 rings (SSSR count). The molecule has 2 N–H and O–H groups in total. The molecule has 0 fully saturated rings. The van der Waals surface area contributed by atoms with Crippen molar-refractivity contribution in [2.75, 3.05) is 10.3 Å². The monoisotopic (exact) mass is 472 g/mol. The number of benzene rings is 3. The van der Waals surface area contributed by atoms with E-state index < -0.39 is 5.25 Å². The summed E-state index contributed by atoms with van der Waals surface area (Å²) in [6.07, 6.45) is 0.0401. The predicted octanol–water partition coefficient (Wildman–Crippen LogP) is 4.59. The van der Waals surface area contributed by atoms with E-state index in [2.05, 4.69) is 15.7 Å². The van der Waals surface area contributed by atoms with Gasteiger partial charge in [-0.3, -0.25) is 14.4 Å². The van der Waals surface area contributed by atoms with E-state index in [0.717, 1.165) is 10.5 Å². The van der Waals surface area contributed by atoms with E-state index >= 15 is 0 Å². The van der Waals surface area contributed by atoms with Crippen LogP contribution in [0.3, 0.4) is 0 Å². The molecule has 0 radical (unpaired) electrons. The van der Waals surface area contributed by atoms with Crippen LogP contribution in [0.5, 0.6) is 0 Å². The predicted molar refractivity (Wildman–Crippen MR) is 135 cm³/mol. The van der Waals surface area contributed by atoms with Crippen molar-refractivity contribution in [1.29, 1.82) is 0 Å². The van der Waals surface area contributed by atoms with E-state index in [-0.39, 0.29) is 24.1 Å². The van der Waals surface area contributed by atoms with Gasteiger partial charge in [-0.15, -0.1) is 11.8 Å². The molecule has 0 bridgehead atoms. The molecule has 0 aliphatic carbocycles. The Bertz CT molecular complexity index is 1260. The van der Waals surface area contributed by atoms with Gasteiger partial charge < -0.3 is 10.6 Å². The van der Waals surface area contributed by atoms with Gasteiger partial charge in [0.05, 0.1) is 17.4 Å². The first kappa shape index (κ1) is 23.3. The molecule has 1 heterocycles. The first-order valence-electron chi connectivity index (χ1n) is 10.8. The highest BCUT2D eigenvalue weighted by Gasteiger charge is 2.27. The molecule has 1 aliphatic rings. The molecule has 3 amide bonds. The molecule has 7 nitrogen and oxygen atoms in total. The zero-order chi connectivity index (χ0) is 24.1. The maximum atomic E-state index is 12.7. The average Bonchev–Trinajstić information content (AvgIpc) is 3.19. The van der Waals surface area contributed by atoms with Crippen LogP contribution in [0, 0.1) is 6.92 Å². The number of nitrogens with one attached hydrogen (secondary N) is 2. The second-order valence-corrected chi connectivity index (χ2v) is 9.22. The lowest BCUT2D eigenvalue weighted by molar-refractivity contribution is -0.118. The fraction of sp³-hybridized carbons (Fsp3) is 0.154. The van der Waals surface area contributed by atoms with E-state index in [1.54, 1.807) is 25.1 Å².